The van der Waals surface area contributed by atoms with Crippen LogP contribution in [0.2, 0.25) is 0 Å². The Morgan fingerprint density at radius 3 is 2.46 bits per heavy atom. The number of carbonyl (C=O) groups excluding carboxylic acids is 1. The molecule has 1 aromatic heterocycles. The molecule has 0 unspecified atom stereocenters. The highest BCUT2D eigenvalue weighted by Crippen LogP contribution is 2.24. The molecule has 3 aromatic carbocycles. The second kappa shape index (κ2) is 7.84. The van der Waals surface area contributed by atoms with Crippen LogP contribution < -0.4 is 5.43 Å². The smallest absolute Gasteiger partial charge is 0.267 e. The predicted octanol–water partition coefficient (Wildman–Crippen LogP) is 4.97. The Bertz CT molecular complexity index is 1170. The van der Waals surface area contributed by atoms with E-state index < -0.39 is 0 Å². The molecule has 0 aliphatic carbocycles. The number of hydrazone groups is 1. The lowest BCUT2D eigenvalue weighted by molar-refractivity contribution is 0.0956. The number of aryl methyl sites for hydroxylation is 1. The van der Waals surface area contributed by atoms with Crippen LogP contribution in [0, 0.1) is 6.92 Å². The maximum atomic E-state index is 12.9. The fourth-order valence-corrected chi connectivity index (χ4v) is 3.07. The zero-order valence-corrected chi connectivity index (χ0v) is 15.5. The molecule has 136 valence electrons. The summed E-state index contributed by atoms with van der Waals surface area (Å²) in [5, 5.41) is 4.94. The molecule has 1 N–H and O–H groups in total. The SMILES string of the molecule is Cc1ccccc1C=NNC(=O)c1cc(-c2ccccc2)nc2ccccc12. The third-order valence-electron chi connectivity index (χ3n) is 4.59. The van der Waals surface area contributed by atoms with E-state index in [9.17, 15) is 4.79 Å². The molecule has 4 heteroatoms. The monoisotopic (exact) mass is 365 g/mol. The molecule has 0 saturated heterocycles. The fraction of sp³-hybridized carbons (Fsp3) is 0.0417. The van der Waals surface area contributed by atoms with Crippen molar-refractivity contribution in [2.75, 3.05) is 0 Å². The maximum Gasteiger partial charge on any atom is 0.272 e. The molecule has 28 heavy (non-hydrogen) atoms. The fourth-order valence-electron chi connectivity index (χ4n) is 3.07. The summed E-state index contributed by atoms with van der Waals surface area (Å²) in [5.41, 5.74) is 7.75. The number of nitrogens with one attached hydrogen (secondary N) is 1. The van der Waals surface area contributed by atoms with Crippen LogP contribution in [0.25, 0.3) is 22.2 Å². The minimum atomic E-state index is -0.263. The van der Waals surface area contributed by atoms with Crippen molar-refractivity contribution >= 4 is 23.0 Å². The van der Waals surface area contributed by atoms with E-state index in [-0.39, 0.29) is 5.91 Å². The largest absolute Gasteiger partial charge is 0.272 e. The second-order valence-electron chi connectivity index (χ2n) is 6.49. The van der Waals surface area contributed by atoms with Crippen molar-refractivity contribution in [2.24, 2.45) is 5.10 Å². The molecule has 0 aliphatic heterocycles. The van der Waals surface area contributed by atoms with Gasteiger partial charge in [0, 0.05) is 10.9 Å². The Balaban J connectivity index is 1.69. The number of hydrogen-bond acceptors (Lipinski definition) is 3. The molecule has 0 spiro atoms. The van der Waals surface area contributed by atoms with E-state index in [1.807, 2.05) is 91.9 Å². The minimum absolute atomic E-state index is 0.263. The van der Waals surface area contributed by atoms with Gasteiger partial charge in [0.1, 0.15) is 0 Å². The van der Waals surface area contributed by atoms with Gasteiger partial charge in [0.25, 0.3) is 5.91 Å². The van der Waals surface area contributed by atoms with E-state index in [0.29, 0.717) is 5.56 Å². The Morgan fingerprint density at radius 2 is 1.64 bits per heavy atom. The topological polar surface area (TPSA) is 54.4 Å². The summed E-state index contributed by atoms with van der Waals surface area (Å²) in [6, 6.07) is 27.2. The molecular weight excluding hydrogens is 346 g/mol. The number of nitrogens with zero attached hydrogens (tertiary/aromatic N) is 2. The van der Waals surface area contributed by atoms with Crippen LogP contribution in [0.5, 0.6) is 0 Å². The van der Waals surface area contributed by atoms with Crippen LogP contribution in [0.15, 0.2) is 90.0 Å². The lowest BCUT2D eigenvalue weighted by Gasteiger charge is -2.09. The van der Waals surface area contributed by atoms with Crippen molar-refractivity contribution in [2.45, 2.75) is 6.92 Å². The van der Waals surface area contributed by atoms with Crippen LogP contribution in [0.4, 0.5) is 0 Å². The van der Waals surface area contributed by atoms with Gasteiger partial charge in [-0.1, -0.05) is 72.8 Å². The number of fused-ring (bicyclic) bond motifs is 1. The molecule has 4 aromatic rings. The van der Waals surface area contributed by atoms with Gasteiger partial charge in [-0.05, 0) is 30.2 Å². The number of aromatic nitrogens is 1. The Morgan fingerprint density at radius 1 is 0.929 bits per heavy atom. The number of hydrogen-bond donors (Lipinski definition) is 1. The van der Waals surface area contributed by atoms with Gasteiger partial charge < -0.3 is 0 Å². The van der Waals surface area contributed by atoms with Crippen LogP contribution >= 0.6 is 0 Å². The average molecular weight is 365 g/mol. The summed E-state index contributed by atoms with van der Waals surface area (Å²) in [6.07, 6.45) is 1.66. The van der Waals surface area contributed by atoms with Crippen molar-refractivity contribution in [1.29, 1.82) is 0 Å². The molecule has 4 nitrogen and oxygen atoms in total. The van der Waals surface area contributed by atoms with E-state index in [1.54, 1.807) is 6.21 Å². The molecule has 0 saturated carbocycles. The summed E-state index contributed by atoms with van der Waals surface area (Å²) >= 11 is 0. The molecule has 0 radical (unpaired) electrons. The lowest BCUT2D eigenvalue weighted by atomic mass is 10.0. The van der Waals surface area contributed by atoms with Crippen LogP contribution in [-0.2, 0) is 0 Å². The van der Waals surface area contributed by atoms with E-state index in [0.717, 1.165) is 33.3 Å². The van der Waals surface area contributed by atoms with Crippen molar-refractivity contribution in [1.82, 2.24) is 10.4 Å². The second-order valence-corrected chi connectivity index (χ2v) is 6.49. The highest BCUT2D eigenvalue weighted by atomic mass is 16.2. The first-order chi connectivity index (χ1) is 13.7. The number of amides is 1. The quantitative estimate of drug-likeness (QED) is 0.410. The molecule has 4 rings (SSSR count). The highest BCUT2D eigenvalue weighted by Gasteiger charge is 2.13. The first-order valence-electron chi connectivity index (χ1n) is 9.06. The molecule has 1 amide bonds. The predicted molar refractivity (Wildman–Crippen MR) is 113 cm³/mol. The summed E-state index contributed by atoms with van der Waals surface area (Å²) in [5.74, 6) is -0.263. The van der Waals surface area contributed by atoms with Crippen molar-refractivity contribution in [3.05, 3.63) is 102 Å². The summed E-state index contributed by atoms with van der Waals surface area (Å²) in [6.45, 7) is 2.01. The van der Waals surface area contributed by atoms with Crippen LogP contribution in [-0.4, -0.2) is 17.1 Å². The lowest BCUT2D eigenvalue weighted by Crippen LogP contribution is -2.18. The normalized spacial score (nSPS) is 11.0. The van der Waals surface area contributed by atoms with Gasteiger partial charge in [0.15, 0.2) is 0 Å². The van der Waals surface area contributed by atoms with E-state index in [2.05, 4.69) is 10.5 Å². The number of para-hydroxylation sites is 1. The summed E-state index contributed by atoms with van der Waals surface area (Å²) < 4.78 is 0. The summed E-state index contributed by atoms with van der Waals surface area (Å²) in [4.78, 5) is 17.6. The minimum Gasteiger partial charge on any atom is -0.267 e. The third-order valence-corrected chi connectivity index (χ3v) is 4.59. The van der Waals surface area contributed by atoms with Gasteiger partial charge in [-0.25, -0.2) is 10.4 Å². The molecule has 0 atom stereocenters. The van der Waals surface area contributed by atoms with Gasteiger partial charge in [0.05, 0.1) is 23.0 Å². The van der Waals surface area contributed by atoms with Gasteiger partial charge in [-0.3, -0.25) is 4.79 Å². The Kier molecular flexibility index (Phi) is 4.93. The first-order valence-corrected chi connectivity index (χ1v) is 9.06. The standard InChI is InChI=1S/C24H19N3O/c1-17-9-5-6-12-19(17)16-25-27-24(28)21-15-23(18-10-3-2-4-11-18)26-22-14-8-7-13-20(21)22/h2-16H,1H3,(H,27,28). The number of benzene rings is 3. The van der Waals surface area contributed by atoms with Crippen molar-refractivity contribution < 1.29 is 4.79 Å². The Hall–Kier alpha value is -3.79. The van der Waals surface area contributed by atoms with E-state index in [4.69, 9.17) is 4.98 Å². The molecular formula is C24H19N3O. The van der Waals surface area contributed by atoms with Crippen LogP contribution in [0.3, 0.4) is 0 Å². The zero-order valence-electron chi connectivity index (χ0n) is 15.5. The van der Waals surface area contributed by atoms with Crippen molar-refractivity contribution in [3.8, 4) is 11.3 Å². The maximum absolute atomic E-state index is 12.9. The Labute approximate surface area is 163 Å². The van der Waals surface area contributed by atoms with Gasteiger partial charge >= 0.3 is 0 Å². The van der Waals surface area contributed by atoms with E-state index >= 15 is 0 Å². The zero-order chi connectivity index (χ0) is 19.3. The van der Waals surface area contributed by atoms with Gasteiger partial charge in [-0.15, -0.1) is 0 Å². The molecule has 1 heterocycles. The number of carbonyl (C=O) groups is 1. The number of pyridine rings is 1. The average Bonchev–Trinajstić information content (AvgIpc) is 2.75. The van der Waals surface area contributed by atoms with Crippen molar-refractivity contribution in [3.63, 3.8) is 0 Å². The first kappa shape index (κ1) is 17.6. The van der Waals surface area contributed by atoms with Gasteiger partial charge in [0.2, 0.25) is 0 Å². The molecule has 0 fully saturated rings. The summed E-state index contributed by atoms with van der Waals surface area (Å²) in [7, 11) is 0. The van der Waals surface area contributed by atoms with Crippen LogP contribution in [0.1, 0.15) is 21.5 Å². The molecule has 0 aliphatic rings. The van der Waals surface area contributed by atoms with Gasteiger partial charge in [-0.2, -0.15) is 5.10 Å². The number of rotatable bonds is 4. The van der Waals surface area contributed by atoms with E-state index in [1.165, 1.54) is 0 Å². The highest BCUT2D eigenvalue weighted by molar-refractivity contribution is 6.07. The third kappa shape index (κ3) is 3.67. The molecule has 0 bridgehead atoms.